The summed E-state index contributed by atoms with van der Waals surface area (Å²) in [4.78, 5) is 24.3. The maximum atomic E-state index is 12.2. The van der Waals surface area contributed by atoms with Gasteiger partial charge in [0.25, 0.3) is 0 Å². The number of carbonyl (C=O) groups is 2. The Morgan fingerprint density at radius 2 is 1.71 bits per heavy atom. The first kappa shape index (κ1) is 13.1. The predicted octanol–water partition coefficient (Wildman–Crippen LogP) is -0.211. The lowest BCUT2D eigenvalue weighted by Crippen LogP contribution is -2.35. The minimum atomic E-state index is -0.634. The second-order valence-corrected chi connectivity index (χ2v) is 5.71. The summed E-state index contributed by atoms with van der Waals surface area (Å²) in [6.07, 6.45) is 2.13. The lowest BCUT2D eigenvalue weighted by atomic mass is 9.84. The van der Waals surface area contributed by atoms with Crippen molar-refractivity contribution < 1.29 is 33.3 Å². The van der Waals surface area contributed by atoms with Crippen molar-refractivity contribution in [1.29, 1.82) is 0 Å². The van der Waals surface area contributed by atoms with E-state index in [2.05, 4.69) is 0 Å². The fraction of sp³-hybridized carbons (Fsp3) is 0.714. The van der Waals surface area contributed by atoms with Gasteiger partial charge in [0.2, 0.25) is 0 Å². The van der Waals surface area contributed by atoms with Gasteiger partial charge in [-0.3, -0.25) is 9.59 Å². The van der Waals surface area contributed by atoms with Gasteiger partial charge >= 0.3 is 11.9 Å². The number of epoxide rings is 3. The van der Waals surface area contributed by atoms with E-state index in [0.717, 1.165) is 5.76 Å². The first-order chi connectivity index (χ1) is 10.2. The van der Waals surface area contributed by atoms with E-state index in [-0.39, 0.29) is 37.5 Å². The number of ether oxygens (including phenoxy) is 5. The maximum absolute atomic E-state index is 12.2. The summed E-state index contributed by atoms with van der Waals surface area (Å²) in [5, 5.41) is 0. The molecule has 3 saturated heterocycles. The van der Waals surface area contributed by atoms with Gasteiger partial charge in [0.05, 0.1) is 25.0 Å². The van der Waals surface area contributed by atoms with Gasteiger partial charge in [-0.2, -0.15) is 0 Å². The van der Waals surface area contributed by atoms with Crippen LogP contribution in [-0.4, -0.2) is 56.7 Å². The van der Waals surface area contributed by atoms with Gasteiger partial charge < -0.3 is 23.7 Å². The summed E-state index contributed by atoms with van der Waals surface area (Å²) < 4.78 is 25.7. The average molecular weight is 296 g/mol. The van der Waals surface area contributed by atoms with Gasteiger partial charge in [0.1, 0.15) is 31.2 Å². The summed E-state index contributed by atoms with van der Waals surface area (Å²) in [6, 6.07) is 0. The van der Waals surface area contributed by atoms with Crippen LogP contribution in [0, 0.1) is 11.8 Å². The van der Waals surface area contributed by atoms with Gasteiger partial charge in [-0.05, 0) is 6.08 Å². The van der Waals surface area contributed by atoms with Crippen LogP contribution in [0.3, 0.4) is 0 Å². The van der Waals surface area contributed by atoms with Gasteiger partial charge in [0, 0.05) is 6.42 Å². The number of fused-ring (bicyclic) bond motifs is 1. The van der Waals surface area contributed by atoms with E-state index >= 15 is 0 Å². The highest BCUT2D eigenvalue weighted by Crippen LogP contribution is 2.42. The summed E-state index contributed by atoms with van der Waals surface area (Å²) in [5.41, 5.74) is 0. The number of hydrogen-bond acceptors (Lipinski definition) is 7. The van der Waals surface area contributed by atoms with E-state index in [9.17, 15) is 9.59 Å². The smallest absolute Gasteiger partial charge is 0.313 e. The molecule has 0 aromatic carbocycles. The Balaban J connectivity index is 1.38. The van der Waals surface area contributed by atoms with E-state index in [1.165, 1.54) is 0 Å². The third-order valence-corrected chi connectivity index (χ3v) is 3.99. The topological polar surface area (TPSA) is 90.2 Å². The Hall–Kier alpha value is -1.60. The molecule has 1 aliphatic carbocycles. The summed E-state index contributed by atoms with van der Waals surface area (Å²) in [7, 11) is 0. The van der Waals surface area contributed by atoms with Crippen LogP contribution in [0.5, 0.6) is 0 Å². The standard InChI is InChI=1S/C14H16O7/c15-13(19-5-7-3-17-7)9-1-11-12(21-11)2-10(9)14(16)20-6-8-4-18-8/h1,7-10,12H,2-6H2/t7-,8+,9+,10-,12+/m0/s1. The molecular formula is C14H16O7. The average Bonchev–Trinajstić information content (AvgIpc) is 3.37. The molecule has 0 saturated carbocycles. The number of carbonyl (C=O) groups excluding carboxylic acids is 2. The zero-order valence-corrected chi connectivity index (χ0v) is 11.4. The second kappa shape index (κ2) is 4.99. The molecule has 0 aromatic heterocycles. The molecule has 0 N–H and O–H groups in total. The van der Waals surface area contributed by atoms with Crippen molar-refractivity contribution in [2.45, 2.75) is 24.7 Å². The summed E-state index contributed by atoms with van der Waals surface area (Å²) in [6.45, 7) is 1.73. The van der Waals surface area contributed by atoms with Crippen LogP contribution in [0.4, 0.5) is 0 Å². The summed E-state index contributed by atoms with van der Waals surface area (Å²) in [5.74, 6) is -1.22. The van der Waals surface area contributed by atoms with Gasteiger partial charge in [-0.25, -0.2) is 0 Å². The molecule has 0 amide bonds. The molecule has 7 nitrogen and oxygen atoms in total. The van der Waals surface area contributed by atoms with Gasteiger partial charge in [-0.1, -0.05) is 0 Å². The van der Waals surface area contributed by atoms with Crippen LogP contribution in [0.1, 0.15) is 6.42 Å². The Kier molecular flexibility index (Phi) is 3.11. The fourth-order valence-electron chi connectivity index (χ4n) is 2.47. The predicted molar refractivity (Wildman–Crippen MR) is 66.0 cm³/mol. The molecule has 114 valence electrons. The van der Waals surface area contributed by atoms with Crippen LogP contribution < -0.4 is 0 Å². The highest BCUT2D eigenvalue weighted by Gasteiger charge is 2.49. The molecular weight excluding hydrogens is 280 g/mol. The fourth-order valence-corrected chi connectivity index (χ4v) is 2.47. The zero-order valence-electron chi connectivity index (χ0n) is 11.4. The third-order valence-electron chi connectivity index (χ3n) is 3.99. The van der Waals surface area contributed by atoms with Crippen molar-refractivity contribution >= 4 is 11.9 Å². The molecule has 0 spiro atoms. The van der Waals surface area contributed by atoms with Gasteiger partial charge in [-0.15, -0.1) is 0 Å². The first-order valence-electron chi connectivity index (χ1n) is 7.15. The molecule has 0 aromatic rings. The normalized spacial score (nSPS) is 38.5. The molecule has 3 fully saturated rings. The number of esters is 2. The van der Waals surface area contributed by atoms with Crippen molar-refractivity contribution in [3.63, 3.8) is 0 Å². The SMILES string of the molecule is O=C(OC[C@H]1CO1)[C@H]1C[C@H]2OC2=C[C@H]1C(=O)OC[C@@H]1CO1. The molecule has 3 aliphatic heterocycles. The number of rotatable bonds is 6. The lowest BCUT2D eigenvalue weighted by molar-refractivity contribution is -0.160. The molecule has 5 atom stereocenters. The van der Waals surface area contributed by atoms with E-state index < -0.39 is 17.8 Å². The molecule has 0 radical (unpaired) electrons. The lowest BCUT2D eigenvalue weighted by Gasteiger charge is -2.22. The van der Waals surface area contributed by atoms with Gasteiger partial charge in [0.15, 0.2) is 6.10 Å². The minimum Gasteiger partial charge on any atom is -0.483 e. The van der Waals surface area contributed by atoms with Crippen LogP contribution in [-0.2, 0) is 33.3 Å². The molecule has 4 aliphatic rings. The molecule has 3 heterocycles. The Bertz CT molecular complexity index is 492. The van der Waals surface area contributed by atoms with Crippen LogP contribution in [0.2, 0.25) is 0 Å². The maximum Gasteiger partial charge on any atom is 0.313 e. The second-order valence-electron chi connectivity index (χ2n) is 5.71. The Morgan fingerprint density at radius 3 is 2.33 bits per heavy atom. The summed E-state index contributed by atoms with van der Waals surface area (Å²) >= 11 is 0. The first-order valence-corrected chi connectivity index (χ1v) is 7.15. The molecule has 0 bridgehead atoms. The van der Waals surface area contributed by atoms with Crippen LogP contribution in [0.15, 0.2) is 11.8 Å². The third kappa shape index (κ3) is 3.03. The monoisotopic (exact) mass is 296 g/mol. The van der Waals surface area contributed by atoms with Crippen molar-refractivity contribution in [3.05, 3.63) is 11.8 Å². The van der Waals surface area contributed by atoms with Crippen LogP contribution in [0.25, 0.3) is 0 Å². The Labute approximate surface area is 121 Å². The van der Waals surface area contributed by atoms with Crippen LogP contribution >= 0.6 is 0 Å². The minimum absolute atomic E-state index is 0.00698. The molecule has 21 heavy (non-hydrogen) atoms. The van der Waals surface area contributed by atoms with Crippen molar-refractivity contribution in [2.75, 3.05) is 26.4 Å². The highest BCUT2D eigenvalue weighted by atomic mass is 16.6. The zero-order chi connectivity index (χ0) is 14.4. The number of hydrogen-bond donors (Lipinski definition) is 0. The van der Waals surface area contributed by atoms with E-state index in [4.69, 9.17) is 23.7 Å². The van der Waals surface area contributed by atoms with E-state index in [0.29, 0.717) is 19.6 Å². The Morgan fingerprint density at radius 1 is 1.10 bits per heavy atom. The van der Waals surface area contributed by atoms with E-state index in [1.54, 1.807) is 6.08 Å². The van der Waals surface area contributed by atoms with Crippen molar-refractivity contribution in [1.82, 2.24) is 0 Å². The quantitative estimate of drug-likeness (QED) is 0.495. The molecule has 7 heteroatoms. The van der Waals surface area contributed by atoms with Crippen molar-refractivity contribution in [3.8, 4) is 0 Å². The highest BCUT2D eigenvalue weighted by molar-refractivity contribution is 5.84. The van der Waals surface area contributed by atoms with Crippen molar-refractivity contribution in [2.24, 2.45) is 11.8 Å². The van der Waals surface area contributed by atoms with E-state index in [1.807, 2.05) is 0 Å². The molecule has 0 unspecified atom stereocenters. The largest absolute Gasteiger partial charge is 0.483 e. The molecule has 4 rings (SSSR count).